The van der Waals surface area contributed by atoms with E-state index in [1.54, 1.807) is 32.9 Å². The van der Waals surface area contributed by atoms with Crippen LogP contribution in [0.4, 0.5) is 5.69 Å². The molecule has 0 radical (unpaired) electrons. The molecule has 7 nitrogen and oxygen atoms in total. The van der Waals surface area contributed by atoms with Gasteiger partial charge in [-0.2, -0.15) is 0 Å². The average molecular weight is 439 g/mol. The standard InChI is InChI=1S/C20H23ClN2O5S/c1-20(2,3)19(25)22-12-13-9-14(18(24)28-4)11-15(10-13)23-29(26,27)17-8-6-5-7-16(17)21/h5-11,23H,12H2,1-4H3,(H,22,25). The Morgan fingerprint density at radius 3 is 2.34 bits per heavy atom. The summed E-state index contributed by atoms with van der Waals surface area (Å²) in [7, 11) is -2.76. The first-order valence-electron chi connectivity index (χ1n) is 8.72. The molecule has 0 aliphatic rings. The predicted molar refractivity (Wildman–Crippen MR) is 111 cm³/mol. The zero-order valence-electron chi connectivity index (χ0n) is 16.6. The van der Waals surface area contributed by atoms with Crippen molar-refractivity contribution in [2.45, 2.75) is 32.2 Å². The molecule has 0 aliphatic heterocycles. The summed E-state index contributed by atoms with van der Waals surface area (Å²) >= 11 is 6.00. The number of halogens is 1. The Labute approximate surface area is 175 Å². The van der Waals surface area contributed by atoms with Gasteiger partial charge in [-0.3, -0.25) is 9.52 Å². The predicted octanol–water partition coefficient (Wildman–Crippen LogP) is 3.59. The Hall–Kier alpha value is -2.58. The van der Waals surface area contributed by atoms with Crippen molar-refractivity contribution in [3.63, 3.8) is 0 Å². The summed E-state index contributed by atoms with van der Waals surface area (Å²) in [5, 5.41) is 2.84. The Kier molecular flexibility index (Phi) is 6.92. The lowest BCUT2D eigenvalue weighted by Crippen LogP contribution is -2.34. The molecule has 0 atom stereocenters. The van der Waals surface area contributed by atoms with Crippen molar-refractivity contribution in [1.29, 1.82) is 0 Å². The Morgan fingerprint density at radius 1 is 1.10 bits per heavy atom. The highest BCUT2D eigenvalue weighted by Crippen LogP contribution is 2.25. The van der Waals surface area contributed by atoms with Crippen LogP contribution in [-0.4, -0.2) is 27.4 Å². The zero-order chi connectivity index (χ0) is 21.8. The maximum absolute atomic E-state index is 12.7. The van der Waals surface area contributed by atoms with Crippen molar-refractivity contribution in [3.05, 3.63) is 58.6 Å². The summed E-state index contributed by atoms with van der Waals surface area (Å²) in [4.78, 5) is 24.0. The van der Waals surface area contributed by atoms with Crippen LogP contribution in [0.15, 0.2) is 47.4 Å². The topological polar surface area (TPSA) is 102 Å². The van der Waals surface area contributed by atoms with Crippen LogP contribution in [0.1, 0.15) is 36.7 Å². The molecule has 0 fully saturated rings. The second-order valence-electron chi connectivity index (χ2n) is 7.38. The quantitative estimate of drug-likeness (QED) is 0.671. The first kappa shape index (κ1) is 22.7. The summed E-state index contributed by atoms with van der Waals surface area (Å²) in [6, 6.07) is 10.4. The van der Waals surface area contributed by atoms with E-state index >= 15 is 0 Å². The van der Waals surface area contributed by atoms with E-state index in [9.17, 15) is 18.0 Å². The SMILES string of the molecule is COC(=O)c1cc(CNC(=O)C(C)(C)C)cc(NS(=O)(=O)c2ccccc2Cl)c1. The molecule has 156 valence electrons. The normalized spacial score (nSPS) is 11.6. The van der Waals surface area contributed by atoms with Crippen LogP contribution in [0.5, 0.6) is 0 Å². The van der Waals surface area contributed by atoms with Crippen LogP contribution < -0.4 is 10.0 Å². The molecule has 0 unspecified atom stereocenters. The number of nitrogens with one attached hydrogen (secondary N) is 2. The number of hydrogen-bond acceptors (Lipinski definition) is 5. The summed E-state index contributed by atoms with van der Waals surface area (Å²) in [6.07, 6.45) is 0. The van der Waals surface area contributed by atoms with Gasteiger partial charge in [0.1, 0.15) is 4.90 Å². The molecule has 1 amide bonds. The summed E-state index contributed by atoms with van der Waals surface area (Å²) in [5.41, 5.74) is 0.232. The van der Waals surface area contributed by atoms with Gasteiger partial charge < -0.3 is 10.1 Å². The molecular formula is C20H23ClN2O5S. The number of ether oxygens (including phenoxy) is 1. The highest BCUT2D eigenvalue weighted by atomic mass is 35.5. The summed E-state index contributed by atoms with van der Waals surface area (Å²) < 4.78 is 32.6. The number of esters is 1. The highest BCUT2D eigenvalue weighted by Gasteiger charge is 2.22. The minimum atomic E-state index is -3.99. The fraction of sp³-hybridized carbons (Fsp3) is 0.300. The van der Waals surface area contributed by atoms with E-state index in [4.69, 9.17) is 16.3 Å². The second-order valence-corrected chi connectivity index (χ2v) is 9.44. The molecular weight excluding hydrogens is 416 g/mol. The molecule has 0 bridgehead atoms. The number of hydrogen-bond donors (Lipinski definition) is 2. The van der Waals surface area contributed by atoms with Gasteiger partial charge in [-0.05, 0) is 35.9 Å². The number of carbonyl (C=O) groups excluding carboxylic acids is 2. The third-order valence-corrected chi connectivity index (χ3v) is 5.81. The molecule has 9 heteroatoms. The van der Waals surface area contributed by atoms with E-state index < -0.39 is 21.4 Å². The van der Waals surface area contributed by atoms with Gasteiger partial charge in [0.25, 0.3) is 10.0 Å². The van der Waals surface area contributed by atoms with Gasteiger partial charge >= 0.3 is 5.97 Å². The lowest BCUT2D eigenvalue weighted by atomic mass is 9.95. The zero-order valence-corrected chi connectivity index (χ0v) is 18.1. The third kappa shape index (κ3) is 5.95. The number of sulfonamides is 1. The summed E-state index contributed by atoms with van der Waals surface area (Å²) in [5.74, 6) is -0.814. The van der Waals surface area contributed by atoms with E-state index in [1.165, 1.54) is 37.4 Å². The lowest BCUT2D eigenvalue weighted by Gasteiger charge is -2.18. The molecule has 2 aromatic rings. The van der Waals surface area contributed by atoms with E-state index in [0.29, 0.717) is 5.56 Å². The van der Waals surface area contributed by atoms with Crippen molar-refractivity contribution < 1.29 is 22.7 Å². The first-order chi connectivity index (χ1) is 13.4. The van der Waals surface area contributed by atoms with Crippen LogP contribution >= 0.6 is 11.6 Å². The molecule has 0 saturated heterocycles. The number of amides is 1. The van der Waals surface area contributed by atoms with Crippen LogP contribution in [-0.2, 0) is 26.1 Å². The van der Waals surface area contributed by atoms with Crippen LogP contribution in [0, 0.1) is 5.41 Å². The Morgan fingerprint density at radius 2 is 1.76 bits per heavy atom. The summed E-state index contributed by atoms with van der Waals surface area (Å²) in [6.45, 7) is 5.44. The van der Waals surface area contributed by atoms with Crippen molar-refractivity contribution in [2.24, 2.45) is 5.41 Å². The van der Waals surface area contributed by atoms with Crippen LogP contribution in [0.3, 0.4) is 0 Å². The monoisotopic (exact) mass is 438 g/mol. The minimum Gasteiger partial charge on any atom is -0.465 e. The smallest absolute Gasteiger partial charge is 0.337 e. The van der Waals surface area contributed by atoms with Crippen molar-refractivity contribution >= 4 is 39.2 Å². The highest BCUT2D eigenvalue weighted by molar-refractivity contribution is 7.92. The van der Waals surface area contributed by atoms with E-state index in [2.05, 4.69) is 10.0 Å². The van der Waals surface area contributed by atoms with Gasteiger partial charge in [0, 0.05) is 12.0 Å². The molecule has 2 aromatic carbocycles. The lowest BCUT2D eigenvalue weighted by molar-refractivity contribution is -0.128. The van der Waals surface area contributed by atoms with Gasteiger partial charge in [0.2, 0.25) is 5.91 Å². The number of benzene rings is 2. The number of carbonyl (C=O) groups is 2. The molecule has 0 heterocycles. The molecule has 0 aliphatic carbocycles. The number of methoxy groups -OCH3 is 1. The number of rotatable bonds is 6. The number of anilines is 1. The van der Waals surface area contributed by atoms with Gasteiger partial charge in [0.05, 0.1) is 23.4 Å². The minimum absolute atomic E-state index is 0.0711. The van der Waals surface area contributed by atoms with Crippen molar-refractivity contribution in [1.82, 2.24) is 5.32 Å². The molecule has 2 rings (SSSR count). The fourth-order valence-electron chi connectivity index (χ4n) is 2.41. The van der Waals surface area contributed by atoms with Crippen molar-refractivity contribution in [2.75, 3.05) is 11.8 Å². The van der Waals surface area contributed by atoms with E-state index in [-0.39, 0.29) is 33.6 Å². The van der Waals surface area contributed by atoms with Crippen molar-refractivity contribution in [3.8, 4) is 0 Å². The van der Waals surface area contributed by atoms with Gasteiger partial charge in [-0.1, -0.05) is 44.5 Å². The second kappa shape index (κ2) is 8.84. The Balaban J connectivity index is 2.37. The molecule has 0 aromatic heterocycles. The molecule has 2 N–H and O–H groups in total. The molecule has 0 spiro atoms. The van der Waals surface area contributed by atoms with Crippen LogP contribution in [0.2, 0.25) is 5.02 Å². The third-order valence-electron chi connectivity index (χ3n) is 3.93. The van der Waals surface area contributed by atoms with E-state index in [0.717, 1.165) is 0 Å². The van der Waals surface area contributed by atoms with Gasteiger partial charge in [-0.25, -0.2) is 13.2 Å². The van der Waals surface area contributed by atoms with Gasteiger partial charge in [0.15, 0.2) is 0 Å². The van der Waals surface area contributed by atoms with Gasteiger partial charge in [-0.15, -0.1) is 0 Å². The van der Waals surface area contributed by atoms with E-state index in [1.807, 2.05) is 0 Å². The fourth-order valence-corrected chi connectivity index (χ4v) is 3.97. The Bertz CT molecular complexity index is 1030. The maximum Gasteiger partial charge on any atom is 0.337 e. The molecule has 29 heavy (non-hydrogen) atoms. The molecule has 0 saturated carbocycles. The largest absolute Gasteiger partial charge is 0.465 e. The average Bonchev–Trinajstić information content (AvgIpc) is 2.64. The van der Waals surface area contributed by atoms with Crippen LogP contribution in [0.25, 0.3) is 0 Å². The first-order valence-corrected chi connectivity index (χ1v) is 10.6. The maximum atomic E-state index is 12.7.